The Balaban J connectivity index is 2.33. The van der Waals surface area contributed by atoms with E-state index in [1.54, 1.807) is 20.0 Å². The lowest BCUT2D eigenvalue weighted by atomic mass is 10.4. The lowest BCUT2D eigenvalue weighted by Gasteiger charge is -2.07. The van der Waals surface area contributed by atoms with E-state index < -0.39 is 10.0 Å². The van der Waals surface area contributed by atoms with E-state index in [0.717, 1.165) is 5.69 Å². The van der Waals surface area contributed by atoms with Gasteiger partial charge in [0, 0.05) is 18.1 Å². The molecule has 1 aromatic heterocycles. The molecule has 0 aliphatic carbocycles. The number of hydrogen-bond acceptors (Lipinski definition) is 3. The van der Waals surface area contributed by atoms with E-state index in [9.17, 15) is 8.42 Å². The molecule has 0 aliphatic rings. The smallest absolute Gasteiger partial charge is 0.263 e. The summed E-state index contributed by atoms with van der Waals surface area (Å²) in [7, 11) is -1.94. The van der Waals surface area contributed by atoms with Crippen LogP contribution in [0.3, 0.4) is 0 Å². The van der Waals surface area contributed by atoms with E-state index in [0.29, 0.717) is 10.8 Å². The second-order valence-electron chi connectivity index (χ2n) is 3.85. The second kappa shape index (κ2) is 4.62. The summed E-state index contributed by atoms with van der Waals surface area (Å²) < 4.78 is 28.1. The standard InChI is InChI=1S/C11H12ClN3O2S/c1-8-7-11(15(2)13-8)14-18(16,17)10-5-3-9(12)4-6-10/h3-7,14H,1-2H3. The molecule has 7 heteroatoms. The fourth-order valence-electron chi connectivity index (χ4n) is 1.52. The van der Waals surface area contributed by atoms with Gasteiger partial charge in [0.05, 0.1) is 10.6 Å². The minimum atomic E-state index is -3.61. The molecule has 0 bridgehead atoms. The average molecular weight is 286 g/mol. The van der Waals surface area contributed by atoms with E-state index in [1.807, 2.05) is 0 Å². The normalized spacial score (nSPS) is 11.5. The highest BCUT2D eigenvalue weighted by atomic mass is 35.5. The van der Waals surface area contributed by atoms with Gasteiger partial charge in [0.1, 0.15) is 5.82 Å². The SMILES string of the molecule is Cc1cc(NS(=O)(=O)c2ccc(Cl)cc2)n(C)n1. The number of rotatable bonds is 3. The van der Waals surface area contributed by atoms with Crippen molar-refractivity contribution in [2.24, 2.45) is 7.05 Å². The second-order valence-corrected chi connectivity index (χ2v) is 5.97. The van der Waals surface area contributed by atoms with E-state index >= 15 is 0 Å². The van der Waals surface area contributed by atoms with Crippen LogP contribution in [-0.2, 0) is 17.1 Å². The quantitative estimate of drug-likeness (QED) is 0.940. The van der Waals surface area contributed by atoms with Gasteiger partial charge in [0.15, 0.2) is 0 Å². The summed E-state index contributed by atoms with van der Waals surface area (Å²) in [4.78, 5) is 0.158. The molecule has 0 fully saturated rings. The Morgan fingerprint density at radius 3 is 2.39 bits per heavy atom. The zero-order valence-electron chi connectivity index (χ0n) is 9.88. The van der Waals surface area contributed by atoms with Crippen molar-refractivity contribution >= 4 is 27.4 Å². The van der Waals surface area contributed by atoms with Crippen molar-refractivity contribution in [3.8, 4) is 0 Å². The van der Waals surface area contributed by atoms with Crippen molar-refractivity contribution < 1.29 is 8.42 Å². The molecule has 0 saturated carbocycles. The molecule has 1 heterocycles. The van der Waals surface area contributed by atoms with E-state index in [2.05, 4.69) is 9.82 Å². The number of halogens is 1. The lowest BCUT2D eigenvalue weighted by Crippen LogP contribution is -2.15. The van der Waals surface area contributed by atoms with Crippen LogP contribution < -0.4 is 4.72 Å². The first-order chi connectivity index (χ1) is 8.38. The van der Waals surface area contributed by atoms with Crippen molar-refractivity contribution in [3.05, 3.63) is 41.0 Å². The zero-order valence-corrected chi connectivity index (χ0v) is 11.5. The fraction of sp³-hybridized carbons (Fsp3) is 0.182. The molecule has 0 amide bonds. The number of nitrogens with one attached hydrogen (secondary N) is 1. The van der Waals surface area contributed by atoms with Gasteiger partial charge in [-0.1, -0.05) is 11.6 Å². The van der Waals surface area contributed by atoms with E-state index in [-0.39, 0.29) is 4.90 Å². The summed E-state index contributed by atoms with van der Waals surface area (Å²) in [5, 5.41) is 4.56. The molecule has 0 spiro atoms. The number of aryl methyl sites for hydroxylation is 2. The first-order valence-corrected chi connectivity index (χ1v) is 7.03. The number of anilines is 1. The first kappa shape index (κ1) is 12.9. The Labute approximate surface area is 110 Å². The minimum Gasteiger partial charge on any atom is -0.264 e. The van der Waals surface area contributed by atoms with Crippen molar-refractivity contribution in [2.75, 3.05) is 4.72 Å². The van der Waals surface area contributed by atoms with Crippen molar-refractivity contribution in [1.29, 1.82) is 0 Å². The Morgan fingerprint density at radius 1 is 1.28 bits per heavy atom. The highest BCUT2D eigenvalue weighted by Gasteiger charge is 2.16. The van der Waals surface area contributed by atoms with Gasteiger partial charge in [0.25, 0.3) is 10.0 Å². The van der Waals surface area contributed by atoms with Gasteiger partial charge in [-0.15, -0.1) is 0 Å². The monoisotopic (exact) mass is 285 g/mol. The summed E-state index contributed by atoms with van der Waals surface area (Å²) >= 11 is 5.72. The van der Waals surface area contributed by atoms with Gasteiger partial charge < -0.3 is 0 Å². The maximum absolute atomic E-state index is 12.1. The molecular weight excluding hydrogens is 274 g/mol. The van der Waals surface area contributed by atoms with E-state index in [1.165, 1.54) is 28.9 Å². The summed E-state index contributed by atoms with van der Waals surface area (Å²) in [6.07, 6.45) is 0. The molecule has 2 rings (SSSR count). The predicted octanol–water partition coefficient (Wildman–Crippen LogP) is 2.18. The molecule has 0 radical (unpaired) electrons. The van der Waals surface area contributed by atoms with Gasteiger partial charge in [-0.05, 0) is 31.2 Å². The van der Waals surface area contributed by atoms with Crippen LogP contribution in [0.15, 0.2) is 35.2 Å². The largest absolute Gasteiger partial charge is 0.264 e. The van der Waals surface area contributed by atoms with Crippen LogP contribution >= 0.6 is 11.6 Å². The van der Waals surface area contributed by atoms with Crippen LogP contribution in [0.5, 0.6) is 0 Å². The Bertz CT molecular complexity index is 662. The molecule has 5 nitrogen and oxygen atoms in total. The molecule has 0 unspecified atom stereocenters. The Morgan fingerprint density at radius 2 is 1.89 bits per heavy atom. The zero-order chi connectivity index (χ0) is 13.3. The highest BCUT2D eigenvalue weighted by molar-refractivity contribution is 7.92. The van der Waals surface area contributed by atoms with Crippen LogP contribution in [0.25, 0.3) is 0 Å². The van der Waals surface area contributed by atoms with Gasteiger partial charge in [-0.3, -0.25) is 9.40 Å². The number of sulfonamides is 1. The summed E-state index contributed by atoms with van der Waals surface area (Å²) in [6, 6.07) is 7.63. The number of aromatic nitrogens is 2. The predicted molar refractivity (Wildman–Crippen MR) is 70.2 cm³/mol. The summed E-state index contributed by atoms with van der Waals surface area (Å²) in [5.74, 6) is 0.419. The third-order valence-corrected chi connectivity index (χ3v) is 3.99. The van der Waals surface area contributed by atoms with Crippen LogP contribution in [0, 0.1) is 6.92 Å². The van der Waals surface area contributed by atoms with Gasteiger partial charge in [-0.2, -0.15) is 5.10 Å². The van der Waals surface area contributed by atoms with Crippen LogP contribution in [0.2, 0.25) is 5.02 Å². The summed E-state index contributed by atoms with van der Waals surface area (Å²) in [6.45, 7) is 1.79. The molecule has 1 N–H and O–H groups in total. The van der Waals surface area contributed by atoms with Crippen molar-refractivity contribution in [3.63, 3.8) is 0 Å². The molecule has 2 aromatic rings. The molecule has 18 heavy (non-hydrogen) atoms. The maximum atomic E-state index is 12.1. The topological polar surface area (TPSA) is 64.0 Å². The number of benzene rings is 1. The summed E-state index contributed by atoms with van der Waals surface area (Å²) in [5.41, 5.74) is 0.742. The lowest BCUT2D eigenvalue weighted by molar-refractivity contribution is 0.600. The van der Waals surface area contributed by atoms with Gasteiger partial charge in [-0.25, -0.2) is 8.42 Å². The third-order valence-electron chi connectivity index (χ3n) is 2.36. The molecular formula is C11H12ClN3O2S. The van der Waals surface area contributed by atoms with Crippen LogP contribution in [-0.4, -0.2) is 18.2 Å². The number of hydrogen-bond donors (Lipinski definition) is 1. The Kier molecular flexibility index (Phi) is 3.32. The molecule has 0 aliphatic heterocycles. The fourth-order valence-corrected chi connectivity index (χ4v) is 2.72. The van der Waals surface area contributed by atoms with Crippen LogP contribution in [0.4, 0.5) is 5.82 Å². The van der Waals surface area contributed by atoms with Gasteiger partial charge in [0.2, 0.25) is 0 Å². The number of nitrogens with zero attached hydrogens (tertiary/aromatic N) is 2. The maximum Gasteiger partial charge on any atom is 0.263 e. The van der Waals surface area contributed by atoms with Crippen molar-refractivity contribution in [1.82, 2.24) is 9.78 Å². The van der Waals surface area contributed by atoms with Crippen LogP contribution in [0.1, 0.15) is 5.69 Å². The van der Waals surface area contributed by atoms with E-state index in [4.69, 9.17) is 11.6 Å². The average Bonchev–Trinajstić information content (AvgIpc) is 2.57. The third kappa shape index (κ3) is 2.65. The minimum absolute atomic E-state index is 0.158. The first-order valence-electron chi connectivity index (χ1n) is 5.17. The molecule has 96 valence electrons. The highest BCUT2D eigenvalue weighted by Crippen LogP contribution is 2.18. The van der Waals surface area contributed by atoms with Gasteiger partial charge >= 0.3 is 0 Å². The molecule has 0 saturated heterocycles. The Hall–Kier alpha value is -1.53. The molecule has 0 atom stereocenters. The van der Waals surface area contributed by atoms with Crippen molar-refractivity contribution in [2.45, 2.75) is 11.8 Å². The molecule has 1 aromatic carbocycles.